The highest BCUT2D eigenvalue weighted by Crippen LogP contribution is 2.72. The maximum Gasteiger partial charge on any atom is 0.190 e. The minimum absolute atomic E-state index is 0.127. The van der Waals surface area contributed by atoms with Crippen LogP contribution >= 0.6 is 0 Å². The Hall–Kier alpha value is -1.04. The molecule has 0 spiro atoms. The van der Waals surface area contributed by atoms with E-state index >= 15 is 0 Å². The lowest BCUT2D eigenvalue weighted by Gasteiger charge is -2.66. The number of fused-ring (bicyclic) bond motifs is 5. The molecule has 4 aliphatic carbocycles. The highest BCUT2D eigenvalue weighted by atomic mass is 16.3. The van der Waals surface area contributed by atoms with Crippen molar-refractivity contribution in [3.05, 3.63) is 11.6 Å². The molecule has 4 aliphatic rings. The topological polar surface area (TPSA) is 94.8 Å². The van der Waals surface area contributed by atoms with Gasteiger partial charge in [-0.1, -0.05) is 26.3 Å². The molecule has 0 aromatic rings. The van der Waals surface area contributed by atoms with Gasteiger partial charge in [0.25, 0.3) is 0 Å². The van der Waals surface area contributed by atoms with Crippen molar-refractivity contribution in [2.75, 3.05) is 6.61 Å². The molecule has 0 amide bonds. The van der Waals surface area contributed by atoms with Crippen LogP contribution in [0.4, 0.5) is 0 Å². The molecule has 27 heavy (non-hydrogen) atoms. The van der Waals surface area contributed by atoms with E-state index in [-0.39, 0.29) is 28.4 Å². The molecule has 0 radical (unpaired) electrons. The minimum atomic E-state index is -1.56. The molecule has 4 rings (SSSR count). The molecule has 5 heteroatoms. The van der Waals surface area contributed by atoms with E-state index in [1.807, 2.05) is 13.0 Å². The van der Waals surface area contributed by atoms with Gasteiger partial charge in [-0.15, -0.1) is 0 Å². The van der Waals surface area contributed by atoms with E-state index in [1.54, 1.807) is 0 Å². The fraction of sp³-hybridized carbons (Fsp3) is 0.818. The fourth-order valence-corrected chi connectivity index (χ4v) is 7.62. The van der Waals surface area contributed by atoms with Crippen LogP contribution in [0.3, 0.4) is 0 Å². The maximum absolute atomic E-state index is 12.4. The Bertz CT molecular complexity index is 728. The van der Waals surface area contributed by atoms with Crippen LogP contribution in [0.5, 0.6) is 0 Å². The molecule has 0 aromatic carbocycles. The van der Waals surface area contributed by atoms with E-state index in [4.69, 9.17) is 0 Å². The van der Waals surface area contributed by atoms with Gasteiger partial charge in [0, 0.05) is 17.3 Å². The summed E-state index contributed by atoms with van der Waals surface area (Å²) in [7, 11) is 0. The molecule has 5 nitrogen and oxygen atoms in total. The van der Waals surface area contributed by atoms with E-state index in [9.17, 15) is 24.9 Å². The summed E-state index contributed by atoms with van der Waals surface area (Å²) in [5, 5.41) is 32.1. The van der Waals surface area contributed by atoms with Gasteiger partial charge in [0.2, 0.25) is 0 Å². The van der Waals surface area contributed by atoms with Gasteiger partial charge in [-0.2, -0.15) is 0 Å². The number of hydrogen-bond acceptors (Lipinski definition) is 5. The third kappa shape index (κ3) is 2.11. The lowest BCUT2D eigenvalue weighted by atomic mass is 9.39. The van der Waals surface area contributed by atoms with Crippen LogP contribution in [0.2, 0.25) is 0 Å². The van der Waals surface area contributed by atoms with Crippen LogP contribution in [0.25, 0.3) is 0 Å². The average Bonchev–Trinajstić information content (AvgIpc) is 2.88. The Balaban J connectivity index is 1.80. The predicted octanol–water partition coefficient (Wildman–Crippen LogP) is 2.17. The van der Waals surface area contributed by atoms with E-state index < -0.39 is 29.5 Å². The summed E-state index contributed by atoms with van der Waals surface area (Å²) >= 11 is 0. The lowest BCUT2D eigenvalue weighted by Crippen LogP contribution is -2.66. The molecule has 0 heterocycles. The standard InChI is InChI=1S/C22H32O5/c1-19-8-6-14(24)10-13(19)4-5-16-15-7-9-22(27,18(26)12-23)20(15,2)11-17(25)21(16,19)3/h10,15-17,23,25,27H,4-9,11-12H2,1-3H3/t15-,16-,17-,19-,20-,21+,22-/m0/s1. The first-order chi connectivity index (χ1) is 12.5. The molecule has 0 saturated heterocycles. The molecule has 0 unspecified atom stereocenters. The number of hydrogen-bond donors (Lipinski definition) is 3. The van der Waals surface area contributed by atoms with Gasteiger partial charge in [-0.05, 0) is 61.9 Å². The molecule has 0 aliphatic heterocycles. The van der Waals surface area contributed by atoms with Crippen LogP contribution in [0.15, 0.2) is 11.6 Å². The molecular formula is C22H32O5. The first-order valence-electron chi connectivity index (χ1n) is 10.3. The number of aliphatic hydroxyl groups is 3. The largest absolute Gasteiger partial charge is 0.392 e. The van der Waals surface area contributed by atoms with Crippen molar-refractivity contribution in [3.63, 3.8) is 0 Å². The molecule has 3 N–H and O–H groups in total. The molecule has 3 fully saturated rings. The van der Waals surface area contributed by atoms with Crippen LogP contribution < -0.4 is 0 Å². The van der Waals surface area contributed by atoms with Crippen LogP contribution in [0.1, 0.15) is 65.7 Å². The molecule has 150 valence electrons. The number of allylic oxidation sites excluding steroid dienone is 1. The Morgan fingerprint density at radius 3 is 2.52 bits per heavy atom. The van der Waals surface area contributed by atoms with Gasteiger partial charge in [0.1, 0.15) is 12.2 Å². The number of rotatable bonds is 2. The number of Topliss-reactive ketones (excluding diaryl/α,β-unsaturated/α-hetero) is 1. The monoisotopic (exact) mass is 376 g/mol. The van der Waals surface area contributed by atoms with Gasteiger partial charge < -0.3 is 15.3 Å². The Labute approximate surface area is 160 Å². The van der Waals surface area contributed by atoms with Gasteiger partial charge in [-0.25, -0.2) is 0 Å². The summed E-state index contributed by atoms with van der Waals surface area (Å²) in [4.78, 5) is 24.4. The summed E-state index contributed by atoms with van der Waals surface area (Å²) < 4.78 is 0. The smallest absolute Gasteiger partial charge is 0.190 e. The Morgan fingerprint density at radius 1 is 1.15 bits per heavy atom. The zero-order chi connectivity index (χ0) is 19.8. The van der Waals surface area contributed by atoms with Crippen molar-refractivity contribution in [1.82, 2.24) is 0 Å². The Kier molecular flexibility index (Phi) is 4.10. The highest BCUT2D eigenvalue weighted by molar-refractivity contribution is 5.92. The summed E-state index contributed by atoms with van der Waals surface area (Å²) in [6.45, 7) is 5.63. The normalized spacial score (nSPS) is 51.9. The van der Waals surface area contributed by atoms with Gasteiger partial charge in [0.05, 0.1) is 6.10 Å². The van der Waals surface area contributed by atoms with Crippen molar-refractivity contribution in [2.24, 2.45) is 28.1 Å². The number of carbonyl (C=O) groups excluding carboxylic acids is 2. The van der Waals surface area contributed by atoms with Crippen LogP contribution in [0, 0.1) is 28.1 Å². The predicted molar refractivity (Wildman–Crippen MR) is 99.8 cm³/mol. The molecule has 7 atom stereocenters. The zero-order valence-corrected chi connectivity index (χ0v) is 16.6. The van der Waals surface area contributed by atoms with Gasteiger partial charge in [-0.3, -0.25) is 9.59 Å². The maximum atomic E-state index is 12.4. The summed E-state index contributed by atoms with van der Waals surface area (Å²) in [5.41, 5.74) is -1.73. The second kappa shape index (κ2) is 5.74. The zero-order valence-electron chi connectivity index (χ0n) is 16.6. The molecular weight excluding hydrogens is 344 g/mol. The van der Waals surface area contributed by atoms with Crippen molar-refractivity contribution in [1.29, 1.82) is 0 Å². The third-order valence-electron chi connectivity index (χ3n) is 9.58. The van der Waals surface area contributed by atoms with E-state index in [2.05, 4.69) is 13.8 Å². The second-order valence-corrected chi connectivity index (χ2v) is 10.1. The lowest BCUT2D eigenvalue weighted by molar-refractivity contribution is -0.214. The van der Waals surface area contributed by atoms with Crippen molar-refractivity contribution in [3.8, 4) is 0 Å². The van der Waals surface area contributed by atoms with E-state index in [1.165, 1.54) is 5.57 Å². The average molecular weight is 376 g/mol. The fourth-order valence-electron chi connectivity index (χ4n) is 7.62. The summed E-state index contributed by atoms with van der Waals surface area (Å²) in [6, 6.07) is 0. The number of aliphatic hydroxyl groups excluding tert-OH is 2. The third-order valence-corrected chi connectivity index (χ3v) is 9.58. The SMILES string of the molecule is C[C@]12[C@@H](O)C[C@@]3(C)[C@@H](CC[C@]3(O)C(=O)CO)[C@@H]1CCC1=CC(=O)CC[C@@]12C. The number of ketones is 2. The molecule has 0 aromatic heterocycles. The molecule has 3 saturated carbocycles. The summed E-state index contributed by atoms with van der Waals surface area (Å²) in [6.07, 6.45) is 5.57. The quantitative estimate of drug-likeness (QED) is 0.687. The van der Waals surface area contributed by atoms with Gasteiger partial charge >= 0.3 is 0 Å². The Morgan fingerprint density at radius 2 is 1.85 bits per heavy atom. The minimum Gasteiger partial charge on any atom is -0.392 e. The summed E-state index contributed by atoms with van der Waals surface area (Å²) in [5.74, 6) is -0.0258. The second-order valence-electron chi connectivity index (χ2n) is 10.1. The van der Waals surface area contributed by atoms with Gasteiger partial charge in [0.15, 0.2) is 11.6 Å². The van der Waals surface area contributed by atoms with Crippen LogP contribution in [-0.4, -0.2) is 45.2 Å². The van der Waals surface area contributed by atoms with Crippen LogP contribution in [-0.2, 0) is 9.59 Å². The highest BCUT2D eigenvalue weighted by Gasteiger charge is 2.71. The number of carbonyl (C=O) groups is 2. The first kappa shape index (κ1) is 19.3. The first-order valence-corrected chi connectivity index (χ1v) is 10.3. The van der Waals surface area contributed by atoms with Crippen molar-refractivity contribution in [2.45, 2.75) is 77.4 Å². The van der Waals surface area contributed by atoms with E-state index in [0.717, 1.165) is 25.7 Å². The van der Waals surface area contributed by atoms with Crippen molar-refractivity contribution < 1.29 is 24.9 Å². The van der Waals surface area contributed by atoms with Crippen molar-refractivity contribution >= 4 is 11.6 Å². The van der Waals surface area contributed by atoms with E-state index in [0.29, 0.717) is 19.3 Å². The molecule has 0 bridgehead atoms.